The first kappa shape index (κ1) is 14.9. The third kappa shape index (κ3) is 3.62. The van der Waals surface area contributed by atoms with Gasteiger partial charge in [0.1, 0.15) is 0 Å². The standard InChI is InChI=1S/C17H22BrN3/c1-21(12-14-5-2-3-9-19-14)11-13-7-8-16(18)15-6-4-10-20-17(13)15/h4,6-8,10,14,19H,2-3,5,9,11-12H2,1H3. The van der Waals surface area contributed by atoms with Crippen LogP contribution in [0.15, 0.2) is 34.9 Å². The Morgan fingerprint density at radius 3 is 3.05 bits per heavy atom. The summed E-state index contributed by atoms with van der Waals surface area (Å²) in [4.78, 5) is 6.97. The molecule has 1 aliphatic rings. The van der Waals surface area contributed by atoms with Crippen LogP contribution in [0, 0.1) is 0 Å². The molecule has 0 aliphatic carbocycles. The molecule has 3 rings (SSSR count). The number of halogens is 1. The lowest BCUT2D eigenvalue weighted by atomic mass is 10.0. The molecule has 4 heteroatoms. The highest BCUT2D eigenvalue weighted by molar-refractivity contribution is 9.10. The van der Waals surface area contributed by atoms with Gasteiger partial charge in [-0.1, -0.05) is 34.5 Å². The van der Waals surface area contributed by atoms with Crippen LogP contribution in [-0.4, -0.2) is 36.1 Å². The maximum absolute atomic E-state index is 4.57. The number of fused-ring (bicyclic) bond motifs is 1. The number of rotatable bonds is 4. The Labute approximate surface area is 134 Å². The van der Waals surface area contributed by atoms with Crippen molar-refractivity contribution in [2.75, 3.05) is 20.1 Å². The summed E-state index contributed by atoms with van der Waals surface area (Å²) in [7, 11) is 2.20. The smallest absolute Gasteiger partial charge is 0.0758 e. The lowest BCUT2D eigenvalue weighted by molar-refractivity contribution is 0.257. The van der Waals surface area contributed by atoms with E-state index in [0.29, 0.717) is 6.04 Å². The van der Waals surface area contributed by atoms with Crippen molar-refractivity contribution in [2.24, 2.45) is 0 Å². The monoisotopic (exact) mass is 347 g/mol. The van der Waals surface area contributed by atoms with Crippen molar-refractivity contribution in [1.29, 1.82) is 0 Å². The van der Waals surface area contributed by atoms with Gasteiger partial charge in [0.05, 0.1) is 5.52 Å². The first-order valence-corrected chi connectivity index (χ1v) is 8.47. The van der Waals surface area contributed by atoms with Crippen LogP contribution in [0.3, 0.4) is 0 Å². The third-order valence-corrected chi connectivity index (χ3v) is 4.88. The minimum atomic E-state index is 0.637. The summed E-state index contributed by atoms with van der Waals surface area (Å²) in [6.07, 6.45) is 5.85. The van der Waals surface area contributed by atoms with E-state index >= 15 is 0 Å². The molecule has 1 aliphatic heterocycles. The van der Waals surface area contributed by atoms with Gasteiger partial charge in [-0.25, -0.2) is 0 Å². The van der Waals surface area contributed by atoms with Gasteiger partial charge in [-0.3, -0.25) is 4.98 Å². The van der Waals surface area contributed by atoms with Crippen LogP contribution in [-0.2, 0) is 6.54 Å². The summed E-state index contributed by atoms with van der Waals surface area (Å²) in [6.45, 7) is 3.21. The Kier molecular flexibility index (Phi) is 4.88. The maximum Gasteiger partial charge on any atom is 0.0758 e. The SMILES string of the molecule is CN(Cc1ccc(Br)c2cccnc12)CC1CCCCN1. The molecule has 3 nitrogen and oxygen atoms in total. The van der Waals surface area contributed by atoms with Gasteiger partial charge in [0, 0.05) is 35.2 Å². The first-order valence-electron chi connectivity index (χ1n) is 7.68. The number of aromatic nitrogens is 1. The molecule has 1 atom stereocenters. The second kappa shape index (κ2) is 6.86. The number of hydrogen-bond acceptors (Lipinski definition) is 3. The van der Waals surface area contributed by atoms with E-state index in [0.717, 1.165) is 23.1 Å². The number of nitrogens with one attached hydrogen (secondary N) is 1. The Bertz CT molecular complexity index is 608. The van der Waals surface area contributed by atoms with Gasteiger partial charge in [0.2, 0.25) is 0 Å². The van der Waals surface area contributed by atoms with Crippen molar-refractivity contribution in [1.82, 2.24) is 15.2 Å². The minimum absolute atomic E-state index is 0.637. The van der Waals surface area contributed by atoms with Crippen molar-refractivity contribution >= 4 is 26.8 Å². The fraction of sp³-hybridized carbons (Fsp3) is 0.471. The van der Waals surface area contributed by atoms with E-state index in [1.165, 1.54) is 36.8 Å². The molecular formula is C17H22BrN3. The lowest BCUT2D eigenvalue weighted by Gasteiger charge is -2.28. The number of likely N-dealkylation sites (N-methyl/N-ethyl adjacent to an activating group) is 1. The van der Waals surface area contributed by atoms with E-state index in [2.05, 4.69) is 56.4 Å². The van der Waals surface area contributed by atoms with Gasteiger partial charge in [0.25, 0.3) is 0 Å². The van der Waals surface area contributed by atoms with Crippen molar-refractivity contribution in [3.05, 3.63) is 40.5 Å². The minimum Gasteiger partial charge on any atom is -0.313 e. The van der Waals surface area contributed by atoms with Crippen LogP contribution in [0.5, 0.6) is 0 Å². The van der Waals surface area contributed by atoms with E-state index in [4.69, 9.17) is 0 Å². The van der Waals surface area contributed by atoms with Crippen LogP contribution in [0.2, 0.25) is 0 Å². The molecule has 2 aromatic rings. The topological polar surface area (TPSA) is 28.2 Å². The zero-order valence-corrected chi connectivity index (χ0v) is 14.1. The van der Waals surface area contributed by atoms with Crippen molar-refractivity contribution in [3.8, 4) is 0 Å². The molecule has 0 amide bonds. The number of piperidine rings is 1. The van der Waals surface area contributed by atoms with Gasteiger partial charge in [-0.15, -0.1) is 0 Å². The van der Waals surface area contributed by atoms with Crippen LogP contribution >= 0.6 is 15.9 Å². The van der Waals surface area contributed by atoms with Crippen molar-refractivity contribution in [3.63, 3.8) is 0 Å². The molecule has 1 unspecified atom stereocenters. The van der Waals surface area contributed by atoms with E-state index in [-0.39, 0.29) is 0 Å². The second-order valence-corrected chi connectivity index (χ2v) is 6.80. The summed E-state index contributed by atoms with van der Waals surface area (Å²) < 4.78 is 1.12. The Morgan fingerprint density at radius 1 is 1.33 bits per heavy atom. The first-order chi connectivity index (χ1) is 10.2. The van der Waals surface area contributed by atoms with E-state index in [1.807, 2.05) is 12.3 Å². The van der Waals surface area contributed by atoms with Crippen LogP contribution in [0.4, 0.5) is 0 Å². The zero-order chi connectivity index (χ0) is 14.7. The molecule has 0 spiro atoms. The number of benzene rings is 1. The third-order valence-electron chi connectivity index (χ3n) is 4.18. The summed E-state index contributed by atoms with van der Waals surface area (Å²) in [5, 5.41) is 4.81. The average molecular weight is 348 g/mol. The Morgan fingerprint density at radius 2 is 2.24 bits per heavy atom. The van der Waals surface area contributed by atoms with E-state index in [1.54, 1.807) is 0 Å². The number of hydrogen-bond donors (Lipinski definition) is 1. The Hall–Kier alpha value is -0.970. The number of pyridine rings is 1. The van der Waals surface area contributed by atoms with Gasteiger partial charge in [0.15, 0.2) is 0 Å². The van der Waals surface area contributed by atoms with E-state index < -0.39 is 0 Å². The van der Waals surface area contributed by atoms with Gasteiger partial charge >= 0.3 is 0 Å². The van der Waals surface area contributed by atoms with Gasteiger partial charge in [-0.2, -0.15) is 0 Å². The highest BCUT2D eigenvalue weighted by atomic mass is 79.9. The fourth-order valence-electron chi connectivity index (χ4n) is 3.14. The molecule has 21 heavy (non-hydrogen) atoms. The maximum atomic E-state index is 4.57. The predicted molar refractivity (Wildman–Crippen MR) is 91.4 cm³/mol. The summed E-state index contributed by atoms with van der Waals surface area (Å²) in [5.74, 6) is 0. The molecule has 0 radical (unpaired) electrons. The molecule has 1 aromatic heterocycles. The van der Waals surface area contributed by atoms with Gasteiger partial charge < -0.3 is 10.2 Å². The quantitative estimate of drug-likeness (QED) is 0.916. The highest BCUT2D eigenvalue weighted by Gasteiger charge is 2.15. The lowest BCUT2D eigenvalue weighted by Crippen LogP contribution is -2.42. The molecule has 0 saturated carbocycles. The average Bonchev–Trinajstić information content (AvgIpc) is 2.51. The zero-order valence-electron chi connectivity index (χ0n) is 12.5. The largest absolute Gasteiger partial charge is 0.313 e. The second-order valence-electron chi connectivity index (χ2n) is 5.95. The summed E-state index contributed by atoms with van der Waals surface area (Å²) >= 11 is 3.61. The predicted octanol–water partition coefficient (Wildman–Crippen LogP) is 3.57. The van der Waals surface area contributed by atoms with Gasteiger partial charge in [-0.05, 0) is 44.1 Å². The molecule has 2 heterocycles. The number of nitrogens with zero attached hydrogens (tertiary/aromatic N) is 2. The summed E-state index contributed by atoms with van der Waals surface area (Å²) in [6, 6.07) is 9.07. The fourth-order valence-corrected chi connectivity index (χ4v) is 3.59. The normalized spacial score (nSPS) is 19.3. The van der Waals surface area contributed by atoms with Crippen molar-refractivity contribution in [2.45, 2.75) is 31.8 Å². The molecule has 0 bridgehead atoms. The molecule has 1 saturated heterocycles. The Balaban J connectivity index is 1.73. The van der Waals surface area contributed by atoms with Crippen LogP contribution in [0.25, 0.3) is 10.9 Å². The molecule has 1 N–H and O–H groups in total. The highest BCUT2D eigenvalue weighted by Crippen LogP contribution is 2.26. The van der Waals surface area contributed by atoms with Crippen LogP contribution < -0.4 is 5.32 Å². The molecule has 1 aromatic carbocycles. The molecule has 112 valence electrons. The van der Waals surface area contributed by atoms with Crippen molar-refractivity contribution < 1.29 is 0 Å². The van der Waals surface area contributed by atoms with E-state index in [9.17, 15) is 0 Å². The molecule has 1 fully saturated rings. The van der Waals surface area contributed by atoms with Crippen LogP contribution in [0.1, 0.15) is 24.8 Å². The molecular weight excluding hydrogens is 326 g/mol. The summed E-state index contributed by atoms with van der Waals surface area (Å²) in [5.41, 5.74) is 2.41.